The molecule has 0 bridgehead atoms. The minimum Gasteiger partial charge on any atom is -0.494 e. The molecule has 0 saturated heterocycles. The Balaban J connectivity index is 1.73. The lowest BCUT2D eigenvalue weighted by atomic mass is 10.1. The lowest BCUT2D eigenvalue weighted by molar-refractivity contribution is -0.432. The Bertz CT molecular complexity index is 653. The van der Waals surface area contributed by atoms with Crippen molar-refractivity contribution in [2.45, 2.75) is 12.8 Å². The minimum absolute atomic E-state index is 0.624. The zero-order valence-corrected chi connectivity index (χ0v) is 14.5. The van der Waals surface area contributed by atoms with Crippen molar-refractivity contribution in [2.24, 2.45) is 0 Å². The lowest BCUT2D eigenvalue weighted by Crippen LogP contribution is -1.98. The van der Waals surface area contributed by atoms with Crippen molar-refractivity contribution in [1.29, 1.82) is 0 Å². The first-order valence-electron chi connectivity index (χ1n) is 7.88. The van der Waals surface area contributed by atoms with E-state index in [1.807, 2.05) is 48.6 Å². The van der Waals surface area contributed by atoms with Gasteiger partial charge in [-0.2, -0.15) is 0 Å². The smallest absolute Gasteiger partial charge is 0.150 e. The van der Waals surface area contributed by atoms with Gasteiger partial charge in [0.2, 0.25) is 0 Å². The Kier molecular flexibility index (Phi) is 8.79. The second kappa shape index (κ2) is 11.4. The van der Waals surface area contributed by atoms with Gasteiger partial charge in [-0.15, -0.1) is 4.33 Å². The first-order chi connectivity index (χ1) is 12.3. The van der Waals surface area contributed by atoms with Crippen molar-refractivity contribution in [2.75, 3.05) is 12.4 Å². The molecule has 0 fully saturated rings. The van der Waals surface area contributed by atoms with Crippen LogP contribution in [0.2, 0.25) is 0 Å². The van der Waals surface area contributed by atoms with Gasteiger partial charge in [-0.1, -0.05) is 53.6 Å². The van der Waals surface area contributed by atoms with Crippen LogP contribution in [0.15, 0.2) is 48.5 Å². The van der Waals surface area contributed by atoms with Crippen LogP contribution in [0.1, 0.15) is 34.3 Å². The highest BCUT2D eigenvalue weighted by Gasteiger charge is 1.96. The summed E-state index contributed by atoms with van der Waals surface area (Å²) in [5, 5.41) is 11.5. The quantitative estimate of drug-likeness (QED) is 0.154. The molecule has 1 N–H and O–H groups in total. The van der Waals surface area contributed by atoms with Gasteiger partial charge in [0.1, 0.15) is 12.0 Å². The molecular formula is C19H20O5S. The van der Waals surface area contributed by atoms with Gasteiger partial charge >= 0.3 is 0 Å². The fraction of sp³-hybridized carbons (Fsp3) is 0.211. The molecule has 2 aromatic rings. The SMILES string of the molecule is O=Cc1ccc(/C=C/c2ccc(OCCCCSOOO)cc2)cc1. The Morgan fingerprint density at radius 1 is 0.880 bits per heavy atom. The van der Waals surface area contributed by atoms with E-state index in [1.165, 1.54) is 0 Å². The van der Waals surface area contributed by atoms with Crippen molar-refractivity contribution in [3.8, 4) is 5.75 Å². The minimum atomic E-state index is 0.624. The van der Waals surface area contributed by atoms with E-state index in [0.717, 1.165) is 53.8 Å². The third-order valence-electron chi connectivity index (χ3n) is 3.39. The topological polar surface area (TPSA) is 65.0 Å². The van der Waals surface area contributed by atoms with E-state index in [-0.39, 0.29) is 0 Å². The maximum atomic E-state index is 10.6. The second-order valence-corrected chi connectivity index (χ2v) is 5.99. The molecule has 132 valence electrons. The molecular weight excluding hydrogens is 340 g/mol. The summed E-state index contributed by atoms with van der Waals surface area (Å²) in [6, 6.07) is 15.3. The third kappa shape index (κ3) is 7.53. The number of carbonyl (C=O) groups is 1. The van der Waals surface area contributed by atoms with E-state index >= 15 is 0 Å². The van der Waals surface area contributed by atoms with Gasteiger partial charge in [0, 0.05) is 23.4 Å². The van der Waals surface area contributed by atoms with Crippen molar-refractivity contribution in [3.05, 3.63) is 65.2 Å². The maximum absolute atomic E-state index is 10.6. The first-order valence-corrected chi connectivity index (χ1v) is 8.79. The highest BCUT2D eigenvalue weighted by atomic mass is 32.2. The molecule has 0 aliphatic carbocycles. The summed E-state index contributed by atoms with van der Waals surface area (Å²) < 4.78 is 9.96. The second-order valence-electron chi connectivity index (χ2n) is 5.21. The van der Waals surface area contributed by atoms with Crippen LogP contribution in [0.5, 0.6) is 5.75 Å². The number of unbranched alkanes of at least 4 members (excludes halogenated alkanes) is 1. The maximum Gasteiger partial charge on any atom is 0.150 e. The molecule has 0 aromatic heterocycles. The van der Waals surface area contributed by atoms with Gasteiger partial charge in [-0.25, -0.2) is 5.26 Å². The van der Waals surface area contributed by atoms with Gasteiger partial charge in [-0.05, 0) is 36.1 Å². The number of hydrogen-bond acceptors (Lipinski definition) is 6. The molecule has 0 unspecified atom stereocenters. The summed E-state index contributed by atoms with van der Waals surface area (Å²) in [5.74, 6) is 1.55. The third-order valence-corrected chi connectivity index (χ3v) is 4.00. The number of benzene rings is 2. The van der Waals surface area contributed by atoms with E-state index in [9.17, 15) is 4.79 Å². The standard InChI is InChI=1S/C19H20O5S/c20-15-18-7-5-16(6-8-18)3-4-17-9-11-19(12-10-17)22-13-1-2-14-25-24-23-21/h3-12,15,21H,1-2,13-14H2/b4-3+. The average molecular weight is 360 g/mol. The number of ether oxygens (including phenoxy) is 1. The summed E-state index contributed by atoms with van der Waals surface area (Å²) >= 11 is 1.05. The van der Waals surface area contributed by atoms with Crippen LogP contribution in [0.4, 0.5) is 0 Å². The first kappa shape index (κ1) is 19.2. The fourth-order valence-corrected chi connectivity index (χ4v) is 2.49. The molecule has 0 radical (unpaired) electrons. The van der Waals surface area contributed by atoms with Gasteiger partial charge < -0.3 is 4.74 Å². The monoisotopic (exact) mass is 360 g/mol. The van der Waals surface area contributed by atoms with Crippen molar-refractivity contribution >= 4 is 30.5 Å². The number of carbonyl (C=O) groups excluding carboxylic acids is 1. The Morgan fingerprint density at radius 2 is 1.48 bits per heavy atom. The molecule has 0 aliphatic rings. The van der Waals surface area contributed by atoms with E-state index in [2.05, 4.69) is 9.37 Å². The summed E-state index contributed by atoms with van der Waals surface area (Å²) in [4.78, 5) is 10.6. The number of hydrogen-bond donors (Lipinski definition) is 1. The molecule has 25 heavy (non-hydrogen) atoms. The largest absolute Gasteiger partial charge is 0.494 e. The van der Waals surface area contributed by atoms with Crippen LogP contribution >= 0.6 is 12.0 Å². The summed E-state index contributed by atoms with van der Waals surface area (Å²) in [6.45, 7) is 0.624. The van der Waals surface area contributed by atoms with Crippen LogP contribution in [-0.4, -0.2) is 23.9 Å². The summed E-state index contributed by atoms with van der Waals surface area (Å²) in [5.41, 5.74) is 2.79. The molecule has 0 heterocycles. The van der Waals surface area contributed by atoms with E-state index in [0.29, 0.717) is 12.2 Å². The lowest BCUT2D eigenvalue weighted by Gasteiger charge is -2.06. The number of aldehydes is 1. The van der Waals surface area contributed by atoms with Crippen molar-refractivity contribution < 1.29 is 24.2 Å². The molecule has 0 atom stereocenters. The number of rotatable bonds is 11. The average Bonchev–Trinajstić information content (AvgIpc) is 2.67. The summed E-state index contributed by atoms with van der Waals surface area (Å²) in [7, 11) is 0. The van der Waals surface area contributed by atoms with Crippen LogP contribution in [0.25, 0.3) is 12.2 Å². The van der Waals surface area contributed by atoms with Crippen LogP contribution in [0, 0.1) is 0 Å². The molecule has 0 saturated carbocycles. The van der Waals surface area contributed by atoms with Gasteiger partial charge in [0.15, 0.2) is 0 Å². The molecule has 5 nitrogen and oxygen atoms in total. The predicted octanol–water partition coefficient (Wildman–Crippen LogP) is 4.90. The summed E-state index contributed by atoms with van der Waals surface area (Å²) in [6.07, 6.45) is 6.64. The van der Waals surface area contributed by atoms with E-state index in [1.54, 1.807) is 12.1 Å². The van der Waals surface area contributed by atoms with Crippen molar-refractivity contribution in [3.63, 3.8) is 0 Å². The molecule has 0 aliphatic heterocycles. The Hall–Kier alpha value is -2.12. The van der Waals surface area contributed by atoms with E-state index in [4.69, 9.17) is 9.99 Å². The molecule has 6 heteroatoms. The molecule has 0 spiro atoms. The Morgan fingerprint density at radius 3 is 2.08 bits per heavy atom. The van der Waals surface area contributed by atoms with Gasteiger partial charge in [-0.3, -0.25) is 4.79 Å². The highest BCUT2D eigenvalue weighted by molar-refractivity contribution is 7.94. The van der Waals surface area contributed by atoms with E-state index < -0.39 is 0 Å². The van der Waals surface area contributed by atoms with Crippen LogP contribution in [-0.2, 0) is 9.37 Å². The fourth-order valence-electron chi connectivity index (χ4n) is 2.06. The van der Waals surface area contributed by atoms with Gasteiger partial charge in [0.25, 0.3) is 0 Å². The Labute approximate surface area is 151 Å². The molecule has 2 aromatic carbocycles. The van der Waals surface area contributed by atoms with Gasteiger partial charge in [0.05, 0.1) is 6.61 Å². The van der Waals surface area contributed by atoms with Crippen LogP contribution in [0.3, 0.4) is 0 Å². The van der Waals surface area contributed by atoms with Crippen molar-refractivity contribution in [1.82, 2.24) is 0 Å². The predicted molar refractivity (Wildman–Crippen MR) is 99.2 cm³/mol. The zero-order chi connectivity index (χ0) is 17.7. The zero-order valence-electron chi connectivity index (χ0n) is 13.7. The van der Waals surface area contributed by atoms with Crippen LogP contribution < -0.4 is 4.74 Å². The molecule has 0 amide bonds. The highest BCUT2D eigenvalue weighted by Crippen LogP contribution is 2.15. The normalized spacial score (nSPS) is 10.9. The molecule has 2 rings (SSSR count).